The summed E-state index contributed by atoms with van der Waals surface area (Å²) >= 11 is 0. The molecule has 0 aromatic heterocycles. The maximum Gasteiger partial charge on any atom is 0.158 e. The van der Waals surface area contributed by atoms with Crippen molar-refractivity contribution in [3.05, 3.63) is 0 Å². The molecule has 0 aliphatic carbocycles. The fourth-order valence-corrected chi connectivity index (χ4v) is 2.21. The lowest BCUT2D eigenvalue weighted by atomic mass is 9.94. The molecule has 0 fully saturated rings. The predicted molar refractivity (Wildman–Crippen MR) is 203 cm³/mol. The molecule has 0 rings (SSSR count). The van der Waals surface area contributed by atoms with Crippen LogP contribution in [0.5, 0.6) is 0 Å². The van der Waals surface area contributed by atoms with E-state index in [2.05, 4.69) is 11.8 Å². The van der Waals surface area contributed by atoms with Crippen molar-refractivity contribution >= 4 is 0 Å². The molecule has 0 unspecified atom stereocenters. The molecule has 0 bridgehead atoms. The zero-order valence-corrected chi connectivity index (χ0v) is 37.5. The molecule has 0 aliphatic heterocycles. The fourth-order valence-electron chi connectivity index (χ4n) is 2.21. The predicted octanol–water partition coefficient (Wildman–Crippen LogP) is 11.4. The number of hydrogen-bond donors (Lipinski definition) is 0. The van der Waals surface area contributed by atoms with Gasteiger partial charge in [0, 0.05) is 0 Å². The third-order valence-electron chi connectivity index (χ3n) is 4.57. The van der Waals surface area contributed by atoms with Gasteiger partial charge in [-0.1, -0.05) is 11.8 Å². The molecular formula is C40H82O10. The topological polar surface area (TPSA) is 92.3 Å². The number of hydrogen-bond acceptors (Lipinski definition) is 10. The van der Waals surface area contributed by atoms with Crippen LogP contribution in [-0.4, -0.2) is 56.0 Å². The smallest absolute Gasteiger partial charge is 0.158 e. The quantitative estimate of drug-likeness (QED) is 0.110. The molecule has 10 heteroatoms. The third-order valence-corrected chi connectivity index (χ3v) is 4.57. The largest absolute Gasteiger partial charge is 0.230 e. The first-order valence-electron chi connectivity index (χ1n) is 17.8. The Balaban J connectivity index is -0.000000701. The van der Waals surface area contributed by atoms with Crippen molar-refractivity contribution in [1.82, 2.24) is 0 Å². The van der Waals surface area contributed by atoms with Gasteiger partial charge in [0.1, 0.15) is 0 Å². The highest BCUT2D eigenvalue weighted by Gasteiger charge is 2.30. The van der Waals surface area contributed by atoms with E-state index in [1.165, 1.54) is 0 Å². The monoisotopic (exact) mass is 723 g/mol. The summed E-state index contributed by atoms with van der Waals surface area (Å²) < 4.78 is 0. The van der Waals surface area contributed by atoms with Gasteiger partial charge in [0.15, 0.2) is 11.2 Å². The van der Waals surface area contributed by atoms with E-state index in [0.717, 1.165) is 12.8 Å². The fraction of sp³-hybridized carbons (Fsp3) is 0.950. The molecule has 0 radical (unpaired) electrons. The Hall–Kier alpha value is -0.840. The van der Waals surface area contributed by atoms with Crippen molar-refractivity contribution < 1.29 is 48.9 Å². The minimum Gasteiger partial charge on any atom is -0.230 e. The summed E-state index contributed by atoms with van der Waals surface area (Å²) in [5.74, 6) is 6.01. The summed E-state index contributed by atoms with van der Waals surface area (Å²) in [6, 6.07) is 0. The average Bonchev–Trinajstić information content (AvgIpc) is 2.85. The molecule has 302 valence electrons. The van der Waals surface area contributed by atoms with Gasteiger partial charge in [0.05, 0.1) is 44.8 Å². The third kappa shape index (κ3) is 43.3. The zero-order chi connectivity index (χ0) is 40.9. The Morgan fingerprint density at radius 3 is 0.580 bits per heavy atom. The second-order valence-electron chi connectivity index (χ2n) is 20.8. The van der Waals surface area contributed by atoms with Gasteiger partial charge in [-0.15, -0.1) is 0 Å². The first kappa shape index (κ1) is 53.5. The highest BCUT2D eigenvalue weighted by atomic mass is 17.2. The molecule has 0 heterocycles. The summed E-state index contributed by atoms with van der Waals surface area (Å²) in [5, 5.41) is 0. The van der Waals surface area contributed by atoms with Crippen LogP contribution in [0.15, 0.2) is 0 Å². The summed E-state index contributed by atoms with van der Waals surface area (Å²) in [6.45, 7) is 50.5. The van der Waals surface area contributed by atoms with Crippen LogP contribution in [-0.2, 0) is 48.9 Å². The minimum atomic E-state index is -0.727. The van der Waals surface area contributed by atoms with E-state index >= 15 is 0 Å². The maximum atomic E-state index is 5.54. The highest BCUT2D eigenvalue weighted by molar-refractivity contribution is 5.17. The zero-order valence-electron chi connectivity index (χ0n) is 37.5. The molecule has 50 heavy (non-hydrogen) atoms. The second-order valence-corrected chi connectivity index (χ2v) is 20.8. The Bertz CT molecular complexity index is 898. The standard InChI is InChI=1S/C16H34O4.C16H30O4.C8H18O2/c2*1-13(2,3)17-19-15(7,8)11-12-16(9,10)20-18-14(4,5)6;1-7(2,3)9-10-8(4,5)6/h11-12H2,1-10H3;1-10H3;1-6H3. The molecule has 0 amide bonds. The lowest BCUT2D eigenvalue weighted by molar-refractivity contribution is -0.410. The van der Waals surface area contributed by atoms with Gasteiger partial charge in [-0.25, -0.2) is 48.9 Å². The Morgan fingerprint density at radius 1 is 0.240 bits per heavy atom. The maximum absolute atomic E-state index is 5.54. The SMILES string of the molecule is CC(C)(C)OOC(C)(C)C.CC(C)(C)OOC(C)(C)C#CC(C)(C)OOC(C)(C)C.CC(C)(C)OOC(C)(C)CCC(C)(C)OOC(C)(C)C. The van der Waals surface area contributed by atoms with Gasteiger partial charge in [-0.3, -0.25) is 0 Å². The Labute approximate surface area is 309 Å². The second kappa shape index (κ2) is 20.0. The van der Waals surface area contributed by atoms with Crippen molar-refractivity contribution in [2.24, 2.45) is 0 Å². The van der Waals surface area contributed by atoms with Crippen molar-refractivity contribution in [1.29, 1.82) is 0 Å². The van der Waals surface area contributed by atoms with Crippen LogP contribution >= 0.6 is 0 Å². The average molecular weight is 723 g/mol. The molecule has 10 nitrogen and oxygen atoms in total. The van der Waals surface area contributed by atoms with Crippen LogP contribution in [0.3, 0.4) is 0 Å². The van der Waals surface area contributed by atoms with E-state index in [-0.39, 0.29) is 44.8 Å². The molecule has 0 aliphatic rings. The summed E-state index contributed by atoms with van der Waals surface area (Å²) in [5.41, 5.74) is -3.98. The van der Waals surface area contributed by atoms with E-state index in [0.29, 0.717) is 0 Å². The minimum absolute atomic E-state index is 0.215. The van der Waals surface area contributed by atoms with E-state index in [4.69, 9.17) is 48.9 Å². The van der Waals surface area contributed by atoms with E-state index < -0.39 is 11.2 Å². The highest BCUT2D eigenvalue weighted by Crippen LogP contribution is 2.28. The van der Waals surface area contributed by atoms with E-state index in [9.17, 15) is 0 Å². The first-order chi connectivity index (χ1) is 21.4. The molecule has 0 saturated carbocycles. The van der Waals surface area contributed by atoms with Crippen LogP contribution in [0, 0.1) is 11.8 Å². The molecule has 0 saturated heterocycles. The van der Waals surface area contributed by atoms with Crippen molar-refractivity contribution in [3.8, 4) is 11.8 Å². The van der Waals surface area contributed by atoms with Gasteiger partial charge >= 0.3 is 0 Å². The summed E-state index contributed by atoms with van der Waals surface area (Å²) in [7, 11) is 0. The molecule has 0 aromatic rings. The Kier molecular flexibility index (Phi) is 21.4. The van der Waals surface area contributed by atoms with Crippen molar-refractivity contribution in [2.75, 3.05) is 0 Å². The van der Waals surface area contributed by atoms with Gasteiger partial charge in [0.25, 0.3) is 0 Å². The van der Waals surface area contributed by atoms with Gasteiger partial charge in [-0.05, 0) is 193 Å². The normalized spacial score (nSPS) is 14.2. The van der Waals surface area contributed by atoms with Crippen molar-refractivity contribution in [3.63, 3.8) is 0 Å². The molecular weight excluding hydrogens is 640 g/mol. The van der Waals surface area contributed by atoms with Crippen LogP contribution < -0.4 is 0 Å². The van der Waals surface area contributed by atoms with Gasteiger partial charge < -0.3 is 0 Å². The van der Waals surface area contributed by atoms with Crippen LogP contribution in [0.25, 0.3) is 0 Å². The lowest BCUT2D eigenvalue weighted by Crippen LogP contribution is -2.35. The van der Waals surface area contributed by atoms with E-state index in [1.54, 1.807) is 0 Å². The molecule has 0 aromatic carbocycles. The number of rotatable bonds is 12. The van der Waals surface area contributed by atoms with E-state index in [1.807, 2.05) is 180 Å². The first-order valence-corrected chi connectivity index (χ1v) is 17.8. The lowest BCUT2D eigenvalue weighted by Gasteiger charge is -2.33. The Morgan fingerprint density at radius 2 is 0.400 bits per heavy atom. The molecule has 0 atom stereocenters. The summed E-state index contributed by atoms with van der Waals surface area (Å²) in [4.78, 5) is 53.4. The van der Waals surface area contributed by atoms with Crippen LogP contribution in [0.2, 0.25) is 0 Å². The molecule has 0 spiro atoms. The van der Waals surface area contributed by atoms with Gasteiger partial charge in [-0.2, -0.15) is 0 Å². The van der Waals surface area contributed by atoms with Crippen molar-refractivity contribution in [2.45, 2.75) is 249 Å². The summed E-state index contributed by atoms with van der Waals surface area (Å²) in [6.07, 6.45) is 1.62. The molecule has 0 N–H and O–H groups in total. The van der Waals surface area contributed by atoms with Crippen LogP contribution in [0.1, 0.15) is 193 Å². The van der Waals surface area contributed by atoms with Gasteiger partial charge in [0.2, 0.25) is 0 Å². The van der Waals surface area contributed by atoms with Crippen LogP contribution in [0.4, 0.5) is 0 Å².